The number of hydrogen-bond acceptors (Lipinski definition) is 3. The second kappa shape index (κ2) is 6.08. The van der Waals surface area contributed by atoms with E-state index in [9.17, 15) is 4.79 Å². The van der Waals surface area contributed by atoms with Crippen LogP contribution < -0.4 is 10.6 Å². The van der Waals surface area contributed by atoms with Crippen LogP contribution in [0, 0.1) is 0 Å². The first-order valence-electron chi connectivity index (χ1n) is 4.78. The fraction of sp³-hybridized carbons (Fsp3) is 0.500. The Labute approximate surface area is 88.8 Å². The number of furan rings is 1. The van der Waals surface area contributed by atoms with Crippen molar-refractivity contribution in [3.8, 4) is 0 Å². The van der Waals surface area contributed by atoms with Gasteiger partial charge in [-0.1, -0.05) is 0 Å². The lowest BCUT2D eigenvalue weighted by Crippen LogP contribution is -2.42. The van der Waals surface area contributed by atoms with Gasteiger partial charge in [-0.05, 0) is 19.1 Å². The second-order valence-corrected chi connectivity index (χ2v) is 3.26. The lowest BCUT2D eigenvalue weighted by Gasteiger charge is -2.12. The van der Waals surface area contributed by atoms with E-state index in [-0.39, 0.29) is 12.1 Å². The molecule has 0 aromatic carbocycles. The maximum absolute atomic E-state index is 11.3. The molecule has 1 aromatic heterocycles. The number of urea groups is 1. The molecule has 0 saturated carbocycles. The van der Waals surface area contributed by atoms with E-state index in [2.05, 4.69) is 10.6 Å². The molecular weight excluding hydrogens is 196 g/mol. The molecule has 0 spiro atoms. The highest BCUT2D eigenvalue weighted by atomic mass is 16.5. The summed E-state index contributed by atoms with van der Waals surface area (Å²) < 4.78 is 9.96. The first-order valence-corrected chi connectivity index (χ1v) is 4.78. The smallest absolute Gasteiger partial charge is 0.315 e. The molecule has 84 valence electrons. The molecule has 0 aliphatic rings. The fourth-order valence-electron chi connectivity index (χ4n) is 1.15. The van der Waals surface area contributed by atoms with E-state index in [1.807, 2.05) is 6.92 Å². The van der Waals surface area contributed by atoms with Crippen molar-refractivity contribution in [1.29, 1.82) is 0 Å². The maximum atomic E-state index is 11.3. The van der Waals surface area contributed by atoms with E-state index < -0.39 is 0 Å². The topological polar surface area (TPSA) is 63.5 Å². The van der Waals surface area contributed by atoms with Crippen molar-refractivity contribution in [2.45, 2.75) is 19.5 Å². The number of carbonyl (C=O) groups is 1. The highest BCUT2D eigenvalue weighted by molar-refractivity contribution is 5.74. The van der Waals surface area contributed by atoms with Gasteiger partial charge < -0.3 is 19.8 Å². The average molecular weight is 212 g/mol. The normalized spacial score (nSPS) is 12.1. The van der Waals surface area contributed by atoms with Crippen molar-refractivity contribution in [3.05, 3.63) is 24.2 Å². The zero-order valence-corrected chi connectivity index (χ0v) is 8.95. The van der Waals surface area contributed by atoms with Crippen LogP contribution in [0.1, 0.15) is 12.7 Å². The summed E-state index contributed by atoms with van der Waals surface area (Å²) in [5.74, 6) is 0.726. The highest BCUT2D eigenvalue weighted by Crippen LogP contribution is 1.98. The molecule has 0 aliphatic carbocycles. The van der Waals surface area contributed by atoms with Crippen LogP contribution in [0.3, 0.4) is 0 Å². The molecule has 0 unspecified atom stereocenters. The van der Waals surface area contributed by atoms with E-state index in [0.29, 0.717) is 13.2 Å². The molecule has 5 heteroatoms. The number of amides is 2. The minimum atomic E-state index is -0.226. The van der Waals surface area contributed by atoms with Gasteiger partial charge in [-0.15, -0.1) is 0 Å². The molecule has 1 aromatic rings. The van der Waals surface area contributed by atoms with Crippen LogP contribution in [0.2, 0.25) is 0 Å². The Hall–Kier alpha value is -1.49. The number of rotatable bonds is 5. The van der Waals surface area contributed by atoms with Gasteiger partial charge in [0.15, 0.2) is 0 Å². The molecule has 1 rings (SSSR count). The van der Waals surface area contributed by atoms with E-state index in [0.717, 1.165) is 5.76 Å². The predicted molar refractivity (Wildman–Crippen MR) is 55.4 cm³/mol. The third-order valence-corrected chi connectivity index (χ3v) is 1.80. The Kier molecular flexibility index (Phi) is 4.70. The van der Waals surface area contributed by atoms with Gasteiger partial charge in [0.1, 0.15) is 5.76 Å². The van der Waals surface area contributed by atoms with E-state index in [1.165, 1.54) is 0 Å². The summed E-state index contributed by atoms with van der Waals surface area (Å²) in [6.07, 6.45) is 1.57. The quantitative estimate of drug-likeness (QED) is 0.768. The van der Waals surface area contributed by atoms with Crippen molar-refractivity contribution in [2.24, 2.45) is 0 Å². The predicted octanol–water partition coefficient (Wildman–Crippen LogP) is 1.11. The van der Waals surface area contributed by atoms with Gasteiger partial charge >= 0.3 is 6.03 Å². The standard InChI is InChI=1S/C10H16N2O3/c1-8(7-14-2)12-10(13)11-6-9-4-3-5-15-9/h3-5,8H,6-7H2,1-2H3,(H2,11,12,13)/t8-/m1/s1. The molecule has 5 nitrogen and oxygen atoms in total. The first-order chi connectivity index (χ1) is 7.22. The van der Waals surface area contributed by atoms with E-state index >= 15 is 0 Å². The lowest BCUT2D eigenvalue weighted by molar-refractivity contribution is 0.170. The summed E-state index contributed by atoms with van der Waals surface area (Å²) >= 11 is 0. The van der Waals surface area contributed by atoms with Gasteiger partial charge in [0, 0.05) is 7.11 Å². The Bertz CT molecular complexity index is 285. The van der Waals surface area contributed by atoms with Crippen molar-refractivity contribution in [3.63, 3.8) is 0 Å². The SMILES string of the molecule is COC[C@@H](C)NC(=O)NCc1ccco1. The Balaban J connectivity index is 2.19. The summed E-state index contributed by atoms with van der Waals surface area (Å²) in [4.78, 5) is 11.3. The van der Waals surface area contributed by atoms with E-state index in [4.69, 9.17) is 9.15 Å². The van der Waals surface area contributed by atoms with Gasteiger partial charge in [-0.2, -0.15) is 0 Å². The molecule has 0 saturated heterocycles. The van der Waals surface area contributed by atoms with Crippen molar-refractivity contribution in [2.75, 3.05) is 13.7 Å². The molecule has 2 N–H and O–H groups in total. The van der Waals surface area contributed by atoms with Crippen molar-refractivity contribution in [1.82, 2.24) is 10.6 Å². The van der Waals surface area contributed by atoms with Gasteiger partial charge in [0.2, 0.25) is 0 Å². The largest absolute Gasteiger partial charge is 0.467 e. The average Bonchev–Trinajstić information content (AvgIpc) is 2.67. The molecular formula is C10H16N2O3. The van der Waals surface area contributed by atoms with Gasteiger partial charge in [0.05, 0.1) is 25.5 Å². The zero-order valence-electron chi connectivity index (χ0n) is 8.95. The van der Waals surface area contributed by atoms with Gasteiger partial charge in [0.25, 0.3) is 0 Å². The minimum Gasteiger partial charge on any atom is -0.467 e. The molecule has 15 heavy (non-hydrogen) atoms. The molecule has 1 heterocycles. The van der Waals surface area contributed by atoms with Crippen LogP contribution in [-0.2, 0) is 11.3 Å². The molecule has 0 bridgehead atoms. The second-order valence-electron chi connectivity index (χ2n) is 3.26. The highest BCUT2D eigenvalue weighted by Gasteiger charge is 2.06. The molecule has 0 aliphatic heterocycles. The van der Waals surface area contributed by atoms with Crippen molar-refractivity contribution >= 4 is 6.03 Å². The zero-order chi connectivity index (χ0) is 11.1. The monoisotopic (exact) mass is 212 g/mol. The Morgan fingerprint density at radius 2 is 2.47 bits per heavy atom. The van der Waals surface area contributed by atoms with E-state index in [1.54, 1.807) is 25.5 Å². The van der Waals surface area contributed by atoms with Crippen LogP contribution in [0.25, 0.3) is 0 Å². The molecule has 0 radical (unpaired) electrons. The van der Waals surface area contributed by atoms with Gasteiger partial charge in [-0.3, -0.25) is 0 Å². The fourth-order valence-corrected chi connectivity index (χ4v) is 1.15. The molecule has 2 amide bonds. The summed E-state index contributed by atoms with van der Waals surface area (Å²) in [6.45, 7) is 2.75. The summed E-state index contributed by atoms with van der Waals surface area (Å²) in [7, 11) is 1.60. The summed E-state index contributed by atoms with van der Waals surface area (Å²) in [6, 6.07) is 3.35. The van der Waals surface area contributed by atoms with Gasteiger partial charge in [-0.25, -0.2) is 4.79 Å². The number of ether oxygens (including phenoxy) is 1. The van der Waals surface area contributed by atoms with Crippen LogP contribution in [0.4, 0.5) is 4.79 Å². The third kappa shape index (κ3) is 4.51. The lowest BCUT2D eigenvalue weighted by atomic mass is 10.4. The maximum Gasteiger partial charge on any atom is 0.315 e. The Morgan fingerprint density at radius 3 is 3.07 bits per heavy atom. The van der Waals surface area contributed by atoms with Crippen LogP contribution in [0.5, 0.6) is 0 Å². The molecule has 1 atom stereocenters. The third-order valence-electron chi connectivity index (χ3n) is 1.80. The summed E-state index contributed by atoms with van der Waals surface area (Å²) in [5, 5.41) is 5.40. The molecule has 0 fully saturated rings. The van der Waals surface area contributed by atoms with Crippen LogP contribution in [-0.4, -0.2) is 25.8 Å². The van der Waals surface area contributed by atoms with Crippen LogP contribution in [0.15, 0.2) is 22.8 Å². The first kappa shape index (κ1) is 11.6. The number of nitrogens with one attached hydrogen (secondary N) is 2. The Morgan fingerprint density at radius 1 is 1.67 bits per heavy atom. The summed E-state index contributed by atoms with van der Waals surface area (Å²) in [5.41, 5.74) is 0. The number of hydrogen-bond donors (Lipinski definition) is 2. The minimum absolute atomic E-state index is 0.00778. The van der Waals surface area contributed by atoms with Crippen LogP contribution >= 0.6 is 0 Å². The van der Waals surface area contributed by atoms with Crippen molar-refractivity contribution < 1.29 is 13.9 Å². The number of methoxy groups -OCH3 is 1. The number of carbonyl (C=O) groups excluding carboxylic acids is 1.